The first-order valence-corrected chi connectivity index (χ1v) is 8.28. The van der Waals surface area contributed by atoms with Crippen molar-refractivity contribution in [2.45, 2.75) is 25.6 Å². The van der Waals surface area contributed by atoms with Gasteiger partial charge in [-0.25, -0.2) is 13.6 Å². The highest BCUT2D eigenvalue weighted by Gasteiger charge is 2.23. The summed E-state index contributed by atoms with van der Waals surface area (Å²) in [6.07, 6.45) is 1.56. The normalized spacial score (nSPS) is 15.2. The molecule has 1 aliphatic rings. The number of nitrogens with zero attached hydrogens (tertiary/aromatic N) is 1. The Bertz CT molecular complexity index is 717. The first kappa shape index (κ1) is 17.4. The van der Waals surface area contributed by atoms with Crippen molar-refractivity contribution in [3.05, 3.63) is 65.7 Å². The highest BCUT2D eigenvalue weighted by molar-refractivity contribution is 5.89. The summed E-state index contributed by atoms with van der Waals surface area (Å²) < 4.78 is 32.4. The largest absolute Gasteiger partial charge is 0.373 e. The van der Waals surface area contributed by atoms with Crippen LogP contribution in [0.25, 0.3) is 0 Å². The summed E-state index contributed by atoms with van der Waals surface area (Å²) in [5.74, 6) is -1.46. The zero-order valence-electron chi connectivity index (χ0n) is 13.8. The van der Waals surface area contributed by atoms with Crippen LogP contribution in [0.3, 0.4) is 0 Å². The molecule has 2 amide bonds. The average molecular weight is 346 g/mol. The Labute approximate surface area is 145 Å². The highest BCUT2D eigenvalue weighted by Crippen LogP contribution is 2.19. The van der Waals surface area contributed by atoms with E-state index in [4.69, 9.17) is 4.74 Å². The Morgan fingerprint density at radius 3 is 2.52 bits per heavy atom. The molecule has 6 heteroatoms. The van der Waals surface area contributed by atoms with Gasteiger partial charge in [0.1, 0.15) is 11.6 Å². The molecule has 3 rings (SSSR count). The zero-order valence-corrected chi connectivity index (χ0v) is 13.8. The summed E-state index contributed by atoms with van der Waals surface area (Å²) >= 11 is 0. The molecule has 2 aromatic carbocycles. The minimum absolute atomic E-state index is 0.0196. The molecule has 1 fully saturated rings. The molecule has 25 heavy (non-hydrogen) atoms. The molecule has 0 bridgehead atoms. The molecule has 1 saturated heterocycles. The van der Waals surface area contributed by atoms with Crippen LogP contribution >= 0.6 is 0 Å². The van der Waals surface area contributed by atoms with E-state index in [0.29, 0.717) is 19.7 Å². The van der Waals surface area contributed by atoms with Crippen LogP contribution in [0.5, 0.6) is 0 Å². The van der Waals surface area contributed by atoms with Gasteiger partial charge >= 0.3 is 6.03 Å². The lowest BCUT2D eigenvalue weighted by molar-refractivity contribution is 0.00539. The van der Waals surface area contributed by atoms with E-state index in [1.165, 1.54) is 6.07 Å². The lowest BCUT2D eigenvalue weighted by atomic mass is 10.1. The van der Waals surface area contributed by atoms with E-state index in [9.17, 15) is 13.6 Å². The summed E-state index contributed by atoms with van der Waals surface area (Å²) in [5.41, 5.74) is 1.10. The first-order chi connectivity index (χ1) is 12.1. The Balaban J connectivity index is 1.46. The average Bonchev–Trinajstić information content (AvgIpc) is 2.63. The molecule has 0 aromatic heterocycles. The number of ether oxygens (including phenoxy) is 1. The predicted octanol–water partition coefficient (Wildman–Crippen LogP) is 4.18. The van der Waals surface area contributed by atoms with E-state index in [2.05, 4.69) is 5.32 Å². The Kier molecular flexibility index (Phi) is 5.60. The number of hydrogen-bond acceptors (Lipinski definition) is 2. The van der Waals surface area contributed by atoms with Gasteiger partial charge in [0.15, 0.2) is 0 Å². The molecule has 1 aliphatic heterocycles. The fourth-order valence-corrected chi connectivity index (χ4v) is 2.80. The van der Waals surface area contributed by atoms with E-state index < -0.39 is 11.6 Å². The highest BCUT2D eigenvalue weighted by atomic mass is 19.1. The second kappa shape index (κ2) is 8.07. The fraction of sp³-hybridized carbons (Fsp3) is 0.316. The number of carbonyl (C=O) groups is 1. The zero-order chi connectivity index (χ0) is 17.6. The quantitative estimate of drug-likeness (QED) is 0.902. The molecule has 0 atom stereocenters. The van der Waals surface area contributed by atoms with Crippen LogP contribution in [-0.4, -0.2) is 30.1 Å². The van der Waals surface area contributed by atoms with Gasteiger partial charge in [0.2, 0.25) is 0 Å². The third kappa shape index (κ3) is 4.76. The van der Waals surface area contributed by atoms with Crippen molar-refractivity contribution < 1.29 is 18.3 Å². The number of carbonyl (C=O) groups excluding carboxylic acids is 1. The van der Waals surface area contributed by atoms with Gasteiger partial charge in [0, 0.05) is 19.2 Å². The van der Waals surface area contributed by atoms with Crippen molar-refractivity contribution >= 4 is 11.7 Å². The number of rotatable bonds is 4. The molecular weight excluding hydrogens is 326 g/mol. The number of amides is 2. The molecular formula is C19H20F2N2O2. The van der Waals surface area contributed by atoms with Crippen LogP contribution in [0.4, 0.5) is 19.3 Å². The summed E-state index contributed by atoms with van der Waals surface area (Å²) in [4.78, 5) is 13.8. The molecule has 4 nitrogen and oxygen atoms in total. The van der Waals surface area contributed by atoms with E-state index in [-0.39, 0.29) is 17.8 Å². The summed E-state index contributed by atoms with van der Waals surface area (Å²) in [6, 6.07) is 12.6. The van der Waals surface area contributed by atoms with Crippen molar-refractivity contribution in [3.63, 3.8) is 0 Å². The Morgan fingerprint density at radius 2 is 1.84 bits per heavy atom. The van der Waals surface area contributed by atoms with Gasteiger partial charge in [-0.15, -0.1) is 0 Å². The minimum atomic E-state index is -0.783. The number of likely N-dealkylation sites (tertiary alicyclic amines) is 1. The fourth-order valence-electron chi connectivity index (χ4n) is 2.80. The van der Waals surface area contributed by atoms with Crippen molar-refractivity contribution in [1.82, 2.24) is 4.90 Å². The SMILES string of the molecule is O=C(Nc1ccc(F)cc1F)N1CCC(OCc2ccccc2)CC1. The van der Waals surface area contributed by atoms with Crippen molar-refractivity contribution in [2.75, 3.05) is 18.4 Å². The van der Waals surface area contributed by atoms with Crippen molar-refractivity contribution in [2.24, 2.45) is 0 Å². The first-order valence-electron chi connectivity index (χ1n) is 8.28. The Hall–Kier alpha value is -2.47. The van der Waals surface area contributed by atoms with Crippen LogP contribution in [0, 0.1) is 11.6 Å². The topological polar surface area (TPSA) is 41.6 Å². The molecule has 1 heterocycles. The van der Waals surface area contributed by atoms with Crippen LogP contribution < -0.4 is 5.32 Å². The number of halogens is 2. The van der Waals surface area contributed by atoms with Gasteiger partial charge in [-0.3, -0.25) is 0 Å². The second-order valence-corrected chi connectivity index (χ2v) is 6.04. The molecule has 2 aromatic rings. The lowest BCUT2D eigenvalue weighted by Gasteiger charge is -2.32. The van der Waals surface area contributed by atoms with E-state index >= 15 is 0 Å². The summed E-state index contributed by atoms with van der Waals surface area (Å²) in [7, 11) is 0. The maximum Gasteiger partial charge on any atom is 0.321 e. The smallest absolute Gasteiger partial charge is 0.321 e. The Morgan fingerprint density at radius 1 is 1.12 bits per heavy atom. The maximum atomic E-state index is 13.6. The van der Waals surface area contributed by atoms with Gasteiger partial charge in [0.25, 0.3) is 0 Å². The molecule has 132 valence electrons. The minimum Gasteiger partial charge on any atom is -0.373 e. The number of nitrogens with one attached hydrogen (secondary N) is 1. The van der Waals surface area contributed by atoms with Crippen molar-refractivity contribution in [1.29, 1.82) is 0 Å². The van der Waals surface area contributed by atoms with Crippen LogP contribution in [0.15, 0.2) is 48.5 Å². The van der Waals surface area contributed by atoms with Crippen LogP contribution in [0.2, 0.25) is 0 Å². The molecule has 0 aliphatic carbocycles. The summed E-state index contributed by atoms with van der Waals surface area (Å²) in [6.45, 7) is 1.63. The number of anilines is 1. The van der Waals surface area contributed by atoms with Gasteiger partial charge in [-0.2, -0.15) is 0 Å². The number of benzene rings is 2. The van der Waals surface area contributed by atoms with Gasteiger partial charge < -0.3 is 15.0 Å². The monoisotopic (exact) mass is 346 g/mol. The molecule has 0 unspecified atom stereocenters. The lowest BCUT2D eigenvalue weighted by Crippen LogP contribution is -2.43. The van der Waals surface area contributed by atoms with Crippen LogP contribution in [-0.2, 0) is 11.3 Å². The third-order valence-electron chi connectivity index (χ3n) is 4.23. The van der Waals surface area contributed by atoms with Crippen LogP contribution in [0.1, 0.15) is 18.4 Å². The maximum absolute atomic E-state index is 13.6. The van der Waals surface area contributed by atoms with Gasteiger partial charge in [0.05, 0.1) is 18.4 Å². The molecule has 1 N–H and O–H groups in total. The predicted molar refractivity (Wildman–Crippen MR) is 91.2 cm³/mol. The van der Waals surface area contributed by atoms with Gasteiger partial charge in [-0.05, 0) is 30.5 Å². The standard InChI is InChI=1S/C19H20F2N2O2/c20-15-6-7-18(17(21)12-15)22-19(24)23-10-8-16(9-11-23)25-13-14-4-2-1-3-5-14/h1-7,12,16H,8-11,13H2,(H,22,24). The third-order valence-corrected chi connectivity index (χ3v) is 4.23. The summed E-state index contributed by atoms with van der Waals surface area (Å²) in [5, 5.41) is 2.48. The number of hydrogen-bond donors (Lipinski definition) is 1. The molecule has 0 spiro atoms. The van der Waals surface area contributed by atoms with Crippen molar-refractivity contribution in [3.8, 4) is 0 Å². The second-order valence-electron chi connectivity index (χ2n) is 6.04. The number of urea groups is 1. The van der Waals surface area contributed by atoms with Gasteiger partial charge in [-0.1, -0.05) is 30.3 Å². The molecule has 0 saturated carbocycles. The van der Waals surface area contributed by atoms with E-state index in [1.807, 2.05) is 30.3 Å². The van der Waals surface area contributed by atoms with E-state index in [1.54, 1.807) is 4.90 Å². The van der Waals surface area contributed by atoms with E-state index in [0.717, 1.165) is 30.5 Å². The molecule has 0 radical (unpaired) electrons. The number of piperidine rings is 1.